The van der Waals surface area contributed by atoms with E-state index in [-0.39, 0.29) is 11.9 Å². The monoisotopic (exact) mass is 390 g/mol. The number of carbonyl (C=O) groups is 1. The average Bonchev–Trinajstić information content (AvgIpc) is 2.68. The Bertz CT molecular complexity index is 643. The van der Waals surface area contributed by atoms with E-state index in [1.165, 1.54) is 32.1 Å². The highest BCUT2D eigenvalue weighted by atomic mass is 16.5. The number of aliphatic imine (C=N–C) groups is 1. The SMILES string of the molecule is CCOc1ccc(OCC)c(NC(N)=NCCNC(=O)CC2CCCCC2)c1. The number of guanidine groups is 1. The van der Waals surface area contributed by atoms with Gasteiger partial charge in [-0.3, -0.25) is 9.79 Å². The van der Waals surface area contributed by atoms with Crippen molar-refractivity contribution in [1.29, 1.82) is 0 Å². The normalized spacial score (nSPS) is 15.1. The van der Waals surface area contributed by atoms with Crippen LogP contribution in [-0.2, 0) is 4.79 Å². The number of amides is 1. The van der Waals surface area contributed by atoms with Crippen molar-refractivity contribution in [1.82, 2.24) is 5.32 Å². The minimum atomic E-state index is 0.108. The molecule has 7 nitrogen and oxygen atoms in total. The Morgan fingerprint density at radius 1 is 1.18 bits per heavy atom. The molecule has 1 fully saturated rings. The highest BCUT2D eigenvalue weighted by molar-refractivity contribution is 5.94. The van der Waals surface area contributed by atoms with Gasteiger partial charge in [-0.05, 0) is 44.7 Å². The molecular formula is C21H34N4O3. The van der Waals surface area contributed by atoms with E-state index in [0.29, 0.717) is 50.1 Å². The van der Waals surface area contributed by atoms with Crippen molar-refractivity contribution in [3.8, 4) is 11.5 Å². The van der Waals surface area contributed by atoms with Gasteiger partial charge in [0.1, 0.15) is 11.5 Å². The average molecular weight is 391 g/mol. The lowest BCUT2D eigenvalue weighted by molar-refractivity contribution is -0.122. The molecule has 0 heterocycles. The quantitative estimate of drug-likeness (QED) is 0.323. The summed E-state index contributed by atoms with van der Waals surface area (Å²) in [6, 6.07) is 5.53. The second-order valence-electron chi connectivity index (χ2n) is 6.97. The number of anilines is 1. The lowest BCUT2D eigenvalue weighted by atomic mass is 9.87. The van der Waals surface area contributed by atoms with E-state index >= 15 is 0 Å². The number of benzene rings is 1. The van der Waals surface area contributed by atoms with Gasteiger partial charge in [0.15, 0.2) is 5.96 Å². The predicted octanol–water partition coefficient (Wildman–Crippen LogP) is 3.30. The molecule has 0 aromatic heterocycles. The first-order valence-electron chi connectivity index (χ1n) is 10.4. The van der Waals surface area contributed by atoms with E-state index < -0.39 is 0 Å². The number of ether oxygens (including phenoxy) is 2. The van der Waals surface area contributed by atoms with Gasteiger partial charge in [-0.25, -0.2) is 0 Å². The minimum absolute atomic E-state index is 0.108. The fraction of sp³-hybridized carbons (Fsp3) is 0.619. The van der Waals surface area contributed by atoms with Gasteiger partial charge in [0.25, 0.3) is 0 Å². The number of nitrogens with one attached hydrogen (secondary N) is 2. The van der Waals surface area contributed by atoms with Gasteiger partial charge in [0.05, 0.1) is 25.4 Å². The van der Waals surface area contributed by atoms with Crippen LogP contribution in [0.5, 0.6) is 11.5 Å². The maximum atomic E-state index is 12.0. The second kappa shape index (κ2) is 12.1. The highest BCUT2D eigenvalue weighted by Crippen LogP contribution is 2.29. The van der Waals surface area contributed by atoms with Gasteiger partial charge in [-0.1, -0.05) is 19.3 Å². The van der Waals surface area contributed by atoms with E-state index in [9.17, 15) is 4.79 Å². The third-order valence-electron chi connectivity index (χ3n) is 4.74. The smallest absolute Gasteiger partial charge is 0.220 e. The molecule has 1 aromatic carbocycles. The van der Waals surface area contributed by atoms with E-state index in [4.69, 9.17) is 15.2 Å². The van der Waals surface area contributed by atoms with E-state index in [1.807, 2.05) is 32.0 Å². The summed E-state index contributed by atoms with van der Waals surface area (Å²) in [4.78, 5) is 16.3. The minimum Gasteiger partial charge on any atom is -0.494 e. The molecule has 0 saturated heterocycles. The zero-order valence-corrected chi connectivity index (χ0v) is 17.1. The molecule has 0 atom stereocenters. The molecule has 7 heteroatoms. The fourth-order valence-electron chi connectivity index (χ4n) is 3.42. The molecule has 156 valence electrons. The number of nitrogens with two attached hydrogens (primary N) is 1. The molecule has 0 aliphatic heterocycles. The summed E-state index contributed by atoms with van der Waals surface area (Å²) in [7, 11) is 0. The van der Waals surface area contributed by atoms with Crippen molar-refractivity contribution in [2.45, 2.75) is 52.4 Å². The summed E-state index contributed by atoms with van der Waals surface area (Å²) >= 11 is 0. The highest BCUT2D eigenvalue weighted by Gasteiger charge is 2.16. The van der Waals surface area contributed by atoms with Crippen LogP contribution in [0.2, 0.25) is 0 Å². The van der Waals surface area contributed by atoms with E-state index in [1.54, 1.807) is 0 Å². The molecule has 28 heavy (non-hydrogen) atoms. The van der Waals surface area contributed by atoms with Gasteiger partial charge < -0.3 is 25.8 Å². The Hall–Kier alpha value is -2.44. The summed E-state index contributed by atoms with van der Waals surface area (Å²) in [5.41, 5.74) is 6.69. The van der Waals surface area contributed by atoms with Crippen LogP contribution in [-0.4, -0.2) is 38.2 Å². The third-order valence-corrected chi connectivity index (χ3v) is 4.74. The van der Waals surface area contributed by atoms with Gasteiger partial charge >= 0.3 is 0 Å². The Morgan fingerprint density at radius 3 is 2.64 bits per heavy atom. The van der Waals surface area contributed by atoms with Gasteiger partial charge in [0, 0.05) is 19.0 Å². The third kappa shape index (κ3) is 7.66. The number of rotatable bonds is 10. The van der Waals surface area contributed by atoms with Crippen molar-refractivity contribution in [3.63, 3.8) is 0 Å². The zero-order valence-electron chi connectivity index (χ0n) is 17.1. The van der Waals surface area contributed by atoms with Crippen LogP contribution in [0.4, 0.5) is 5.69 Å². The predicted molar refractivity (Wildman–Crippen MR) is 113 cm³/mol. The van der Waals surface area contributed by atoms with Crippen LogP contribution in [0.25, 0.3) is 0 Å². The first-order valence-corrected chi connectivity index (χ1v) is 10.4. The maximum absolute atomic E-state index is 12.0. The molecule has 1 aromatic rings. The topological polar surface area (TPSA) is 98.0 Å². The molecule has 0 spiro atoms. The molecule has 0 unspecified atom stereocenters. The summed E-state index contributed by atoms with van der Waals surface area (Å²) in [6.45, 7) is 5.88. The van der Waals surface area contributed by atoms with Crippen LogP contribution in [0.3, 0.4) is 0 Å². The molecule has 1 saturated carbocycles. The Kier molecular flexibility index (Phi) is 9.45. The Labute approximate surface area is 168 Å². The van der Waals surface area contributed by atoms with Crippen molar-refractivity contribution >= 4 is 17.6 Å². The molecule has 0 bridgehead atoms. The first kappa shape index (κ1) is 21.9. The molecule has 1 amide bonds. The lowest BCUT2D eigenvalue weighted by Gasteiger charge is -2.20. The van der Waals surface area contributed by atoms with Crippen LogP contribution in [0, 0.1) is 5.92 Å². The number of nitrogens with zero attached hydrogens (tertiary/aromatic N) is 1. The standard InChI is InChI=1S/C21H34N4O3/c1-3-27-17-10-11-19(28-4-2)18(15-17)25-21(22)24-13-12-23-20(26)14-16-8-6-5-7-9-16/h10-11,15-16H,3-9,12-14H2,1-2H3,(H,23,26)(H3,22,24,25). The molecule has 4 N–H and O–H groups in total. The van der Waals surface area contributed by atoms with Gasteiger partial charge in [-0.2, -0.15) is 0 Å². The molecule has 1 aliphatic rings. The largest absolute Gasteiger partial charge is 0.494 e. The zero-order chi connectivity index (χ0) is 20.2. The Balaban J connectivity index is 1.79. The van der Waals surface area contributed by atoms with Gasteiger partial charge in [-0.15, -0.1) is 0 Å². The summed E-state index contributed by atoms with van der Waals surface area (Å²) in [5.74, 6) is 2.34. The fourth-order valence-corrected chi connectivity index (χ4v) is 3.42. The van der Waals surface area contributed by atoms with Crippen LogP contribution < -0.4 is 25.8 Å². The molecule has 1 aliphatic carbocycles. The molecule has 2 rings (SSSR count). The second-order valence-corrected chi connectivity index (χ2v) is 6.97. The molecular weight excluding hydrogens is 356 g/mol. The van der Waals surface area contributed by atoms with Crippen molar-refractivity contribution in [2.75, 3.05) is 31.6 Å². The van der Waals surface area contributed by atoms with Crippen LogP contribution in [0.1, 0.15) is 52.4 Å². The van der Waals surface area contributed by atoms with Crippen molar-refractivity contribution in [3.05, 3.63) is 18.2 Å². The molecule has 0 radical (unpaired) electrons. The lowest BCUT2D eigenvalue weighted by Crippen LogP contribution is -2.30. The summed E-state index contributed by atoms with van der Waals surface area (Å²) < 4.78 is 11.1. The number of hydrogen-bond donors (Lipinski definition) is 3. The van der Waals surface area contributed by atoms with Crippen LogP contribution in [0.15, 0.2) is 23.2 Å². The van der Waals surface area contributed by atoms with Crippen molar-refractivity contribution < 1.29 is 14.3 Å². The van der Waals surface area contributed by atoms with Crippen molar-refractivity contribution in [2.24, 2.45) is 16.6 Å². The van der Waals surface area contributed by atoms with Crippen LogP contribution >= 0.6 is 0 Å². The first-order chi connectivity index (χ1) is 13.6. The summed E-state index contributed by atoms with van der Waals surface area (Å²) in [5, 5.41) is 5.99. The van der Waals surface area contributed by atoms with E-state index in [2.05, 4.69) is 15.6 Å². The Morgan fingerprint density at radius 2 is 1.93 bits per heavy atom. The van der Waals surface area contributed by atoms with Gasteiger partial charge in [0.2, 0.25) is 5.91 Å². The maximum Gasteiger partial charge on any atom is 0.220 e. The number of carbonyl (C=O) groups excluding carboxylic acids is 1. The summed E-state index contributed by atoms with van der Waals surface area (Å²) in [6.07, 6.45) is 6.77. The number of hydrogen-bond acceptors (Lipinski definition) is 4. The van der Waals surface area contributed by atoms with E-state index in [0.717, 1.165) is 5.75 Å².